The molecule has 1 aliphatic rings. The number of hydrogen-bond acceptors (Lipinski definition) is 3. The number of para-hydroxylation sites is 1. The van der Waals surface area contributed by atoms with Crippen LogP contribution in [0.5, 0.6) is 5.75 Å². The molecule has 0 spiro atoms. The number of nitriles is 1. The molecule has 106 valence electrons. The van der Waals surface area contributed by atoms with E-state index in [9.17, 15) is 0 Å². The molecule has 21 heavy (non-hydrogen) atoms. The molecular weight excluding hydrogens is 260 g/mol. The second kappa shape index (κ2) is 6.43. The highest BCUT2D eigenvalue weighted by Gasteiger charge is 2.37. The summed E-state index contributed by atoms with van der Waals surface area (Å²) in [5.41, 5.74) is 2.51. The molecule has 0 amide bonds. The van der Waals surface area contributed by atoms with E-state index < -0.39 is 0 Å². The quantitative estimate of drug-likeness (QED) is 0.882. The molecule has 1 aliphatic carbocycles. The van der Waals surface area contributed by atoms with Crippen LogP contribution < -0.4 is 10.1 Å². The molecule has 0 heterocycles. The Kier molecular flexibility index (Phi) is 4.18. The van der Waals surface area contributed by atoms with Gasteiger partial charge in [-0.25, -0.2) is 0 Å². The van der Waals surface area contributed by atoms with E-state index in [0.717, 1.165) is 17.9 Å². The van der Waals surface area contributed by atoms with Gasteiger partial charge in [0.1, 0.15) is 11.8 Å². The second-order valence-electron chi connectivity index (χ2n) is 5.29. The van der Waals surface area contributed by atoms with E-state index in [1.54, 1.807) is 0 Å². The Morgan fingerprint density at radius 3 is 2.67 bits per heavy atom. The van der Waals surface area contributed by atoms with Crippen molar-refractivity contribution < 1.29 is 4.74 Å². The first-order valence-electron chi connectivity index (χ1n) is 7.24. The average molecular weight is 278 g/mol. The molecule has 1 saturated carbocycles. The molecule has 3 heteroatoms. The number of nitrogens with zero attached hydrogens (tertiary/aromatic N) is 1. The molecule has 0 aromatic heterocycles. The van der Waals surface area contributed by atoms with E-state index in [1.807, 2.05) is 30.3 Å². The normalized spacial score (nSPS) is 19.8. The maximum atomic E-state index is 8.62. The van der Waals surface area contributed by atoms with Crippen LogP contribution in [-0.4, -0.2) is 12.6 Å². The maximum absolute atomic E-state index is 8.62. The van der Waals surface area contributed by atoms with Crippen molar-refractivity contribution in [2.45, 2.75) is 24.9 Å². The lowest BCUT2D eigenvalue weighted by atomic mass is 10.1. The number of ether oxygens (including phenoxy) is 1. The minimum atomic E-state index is 0.0904. The Bertz CT molecular complexity index is 633. The molecule has 3 nitrogen and oxygen atoms in total. The molecule has 1 fully saturated rings. The summed E-state index contributed by atoms with van der Waals surface area (Å²) in [6.45, 7) is 0.864. The second-order valence-corrected chi connectivity index (χ2v) is 5.29. The van der Waals surface area contributed by atoms with E-state index in [0.29, 0.717) is 12.0 Å². The van der Waals surface area contributed by atoms with Gasteiger partial charge in [-0.05, 0) is 18.1 Å². The number of rotatable bonds is 6. The molecule has 0 radical (unpaired) electrons. The molecule has 2 atom stereocenters. The van der Waals surface area contributed by atoms with Crippen molar-refractivity contribution in [3.05, 3.63) is 65.7 Å². The smallest absolute Gasteiger partial charge is 0.174 e. The number of hydrogen-bond donors (Lipinski definition) is 1. The monoisotopic (exact) mass is 278 g/mol. The Morgan fingerprint density at radius 2 is 1.86 bits per heavy atom. The van der Waals surface area contributed by atoms with Gasteiger partial charge in [-0.2, -0.15) is 5.26 Å². The van der Waals surface area contributed by atoms with Crippen molar-refractivity contribution in [3.8, 4) is 11.8 Å². The standard InChI is InChI=1S/C18H18N2O/c19-10-11-21-18-9-5-4-8-15(18)13-20-17-12-16(17)14-6-2-1-3-7-14/h1-9,16-17,20H,11-13H2. The first kappa shape index (κ1) is 13.7. The Labute approximate surface area is 125 Å². The third-order valence-corrected chi connectivity index (χ3v) is 3.84. The topological polar surface area (TPSA) is 45.0 Å². The molecule has 2 aromatic rings. The van der Waals surface area contributed by atoms with E-state index in [1.165, 1.54) is 12.0 Å². The fourth-order valence-corrected chi connectivity index (χ4v) is 2.63. The summed E-state index contributed by atoms with van der Waals surface area (Å²) < 4.78 is 5.45. The first-order chi connectivity index (χ1) is 10.4. The zero-order chi connectivity index (χ0) is 14.5. The number of benzene rings is 2. The van der Waals surface area contributed by atoms with Crippen LogP contribution in [0.3, 0.4) is 0 Å². The predicted molar refractivity (Wildman–Crippen MR) is 82.0 cm³/mol. The highest BCUT2D eigenvalue weighted by molar-refractivity contribution is 5.34. The molecule has 0 saturated heterocycles. The molecule has 2 aromatic carbocycles. The van der Waals surface area contributed by atoms with Crippen LogP contribution in [0.25, 0.3) is 0 Å². The van der Waals surface area contributed by atoms with E-state index in [-0.39, 0.29) is 6.61 Å². The van der Waals surface area contributed by atoms with Crippen LogP contribution in [0.15, 0.2) is 54.6 Å². The van der Waals surface area contributed by atoms with Crippen LogP contribution in [0.4, 0.5) is 0 Å². The van der Waals surface area contributed by atoms with Crippen LogP contribution in [0.1, 0.15) is 23.5 Å². The summed E-state index contributed by atoms with van der Waals surface area (Å²) in [5, 5.41) is 12.2. The van der Waals surface area contributed by atoms with E-state index in [2.05, 4.69) is 35.6 Å². The van der Waals surface area contributed by atoms with Crippen molar-refractivity contribution in [1.29, 1.82) is 5.26 Å². The van der Waals surface area contributed by atoms with Gasteiger partial charge in [0.15, 0.2) is 6.61 Å². The molecule has 1 N–H and O–H groups in total. The Hall–Kier alpha value is -2.31. The summed E-state index contributed by atoms with van der Waals surface area (Å²) in [5.74, 6) is 1.42. The third kappa shape index (κ3) is 3.42. The predicted octanol–water partition coefficient (Wildman–Crippen LogP) is 3.23. The van der Waals surface area contributed by atoms with Crippen LogP contribution in [0.2, 0.25) is 0 Å². The molecular formula is C18H18N2O. The van der Waals surface area contributed by atoms with E-state index in [4.69, 9.17) is 10.00 Å². The lowest BCUT2D eigenvalue weighted by Crippen LogP contribution is -2.18. The van der Waals surface area contributed by atoms with Gasteiger partial charge in [0, 0.05) is 24.1 Å². The fraction of sp³-hybridized carbons (Fsp3) is 0.278. The van der Waals surface area contributed by atoms with Gasteiger partial charge in [0.25, 0.3) is 0 Å². The molecule has 0 aliphatic heterocycles. The average Bonchev–Trinajstić information content (AvgIpc) is 3.32. The van der Waals surface area contributed by atoms with Crippen molar-refractivity contribution >= 4 is 0 Å². The number of nitrogens with one attached hydrogen (secondary N) is 1. The maximum Gasteiger partial charge on any atom is 0.174 e. The first-order valence-corrected chi connectivity index (χ1v) is 7.24. The molecule has 2 unspecified atom stereocenters. The van der Waals surface area contributed by atoms with Gasteiger partial charge >= 0.3 is 0 Å². The van der Waals surface area contributed by atoms with Gasteiger partial charge in [0.2, 0.25) is 0 Å². The summed E-state index contributed by atoms with van der Waals surface area (Å²) in [4.78, 5) is 0. The highest BCUT2D eigenvalue weighted by Crippen LogP contribution is 2.40. The van der Waals surface area contributed by atoms with Gasteiger partial charge < -0.3 is 10.1 Å². The lowest BCUT2D eigenvalue weighted by molar-refractivity contribution is 0.362. The molecule has 0 bridgehead atoms. The van der Waals surface area contributed by atoms with Crippen LogP contribution in [-0.2, 0) is 6.54 Å². The Morgan fingerprint density at radius 1 is 1.10 bits per heavy atom. The van der Waals surface area contributed by atoms with Crippen molar-refractivity contribution in [2.24, 2.45) is 0 Å². The van der Waals surface area contributed by atoms with Crippen LogP contribution >= 0.6 is 0 Å². The highest BCUT2D eigenvalue weighted by atomic mass is 16.5. The minimum absolute atomic E-state index is 0.0904. The Balaban J connectivity index is 1.56. The van der Waals surface area contributed by atoms with Crippen molar-refractivity contribution in [1.82, 2.24) is 5.32 Å². The fourth-order valence-electron chi connectivity index (χ4n) is 2.63. The van der Waals surface area contributed by atoms with Gasteiger partial charge in [-0.15, -0.1) is 0 Å². The van der Waals surface area contributed by atoms with Crippen molar-refractivity contribution in [3.63, 3.8) is 0 Å². The van der Waals surface area contributed by atoms with Crippen LogP contribution in [0, 0.1) is 11.3 Å². The summed E-state index contributed by atoms with van der Waals surface area (Å²) >= 11 is 0. The van der Waals surface area contributed by atoms with Gasteiger partial charge in [0.05, 0.1) is 0 Å². The summed E-state index contributed by atoms with van der Waals surface area (Å²) in [6.07, 6.45) is 1.19. The van der Waals surface area contributed by atoms with E-state index >= 15 is 0 Å². The summed E-state index contributed by atoms with van der Waals surface area (Å²) in [6, 6.07) is 21.0. The van der Waals surface area contributed by atoms with Crippen molar-refractivity contribution in [2.75, 3.05) is 6.61 Å². The summed E-state index contributed by atoms with van der Waals surface area (Å²) in [7, 11) is 0. The minimum Gasteiger partial charge on any atom is -0.478 e. The van der Waals surface area contributed by atoms with Gasteiger partial charge in [-0.1, -0.05) is 48.5 Å². The SMILES string of the molecule is N#CCOc1ccccc1CNC1CC1c1ccccc1. The molecule has 3 rings (SSSR count). The zero-order valence-corrected chi connectivity index (χ0v) is 11.8. The third-order valence-electron chi connectivity index (χ3n) is 3.84. The lowest BCUT2D eigenvalue weighted by Gasteiger charge is -2.10. The van der Waals surface area contributed by atoms with Gasteiger partial charge in [-0.3, -0.25) is 0 Å². The zero-order valence-electron chi connectivity index (χ0n) is 11.8. The largest absolute Gasteiger partial charge is 0.478 e.